The van der Waals surface area contributed by atoms with E-state index in [9.17, 15) is 9.90 Å². The minimum absolute atomic E-state index is 0.104. The van der Waals surface area contributed by atoms with Crippen molar-refractivity contribution in [1.29, 1.82) is 0 Å². The van der Waals surface area contributed by atoms with Crippen LogP contribution in [0, 0.1) is 0 Å². The summed E-state index contributed by atoms with van der Waals surface area (Å²) in [5.41, 5.74) is 0.646. The van der Waals surface area contributed by atoms with E-state index in [1.54, 1.807) is 18.2 Å². The van der Waals surface area contributed by atoms with Crippen LogP contribution in [0.15, 0.2) is 24.3 Å². The number of phenols is 1. The smallest absolute Gasteiger partial charge is 0.332 e. The summed E-state index contributed by atoms with van der Waals surface area (Å²) < 4.78 is 0. The van der Waals surface area contributed by atoms with E-state index in [0.717, 1.165) is 0 Å². The van der Waals surface area contributed by atoms with E-state index in [1.165, 1.54) is 6.07 Å². The van der Waals surface area contributed by atoms with Gasteiger partial charge in [-0.3, -0.25) is 0 Å². The number of aliphatic hydroxyl groups is 1. The molecule has 1 aromatic rings. The average Bonchev–Trinajstić information content (AvgIpc) is 2.16. The molecule has 76 valence electrons. The standard InChI is InChI=1S/C10H12O4/c11-8-4-2-1-3-7(8)5-6-9(12)10(13)14/h1-4,9,11-12H,5-6H2,(H,13,14). The fourth-order valence-corrected chi connectivity index (χ4v) is 1.14. The zero-order valence-corrected chi connectivity index (χ0v) is 7.55. The van der Waals surface area contributed by atoms with E-state index in [-0.39, 0.29) is 12.2 Å². The van der Waals surface area contributed by atoms with E-state index in [4.69, 9.17) is 10.2 Å². The maximum Gasteiger partial charge on any atom is 0.332 e. The predicted octanol–water partition coefficient (Wildman–Crippen LogP) is 0.770. The topological polar surface area (TPSA) is 77.8 Å². The van der Waals surface area contributed by atoms with E-state index in [2.05, 4.69) is 0 Å². The van der Waals surface area contributed by atoms with Crippen LogP contribution in [0.4, 0.5) is 0 Å². The van der Waals surface area contributed by atoms with Crippen molar-refractivity contribution in [3.8, 4) is 5.75 Å². The highest BCUT2D eigenvalue weighted by Gasteiger charge is 2.13. The van der Waals surface area contributed by atoms with Crippen molar-refractivity contribution < 1.29 is 20.1 Å². The Kier molecular flexibility index (Phi) is 3.48. The minimum Gasteiger partial charge on any atom is -0.508 e. The second-order valence-electron chi connectivity index (χ2n) is 3.02. The molecule has 0 bridgehead atoms. The average molecular weight is 196 g/mol. The number of carboxylic acids is 1. The zero-order chi connectivity index (χ0) is 10.6. The molecule has 1 rings (SSSR count). The van der Waals surface area contributed by atoms with Crippen LogP contribution in [-0.2, 0) is 11.2 Å². The number of rotatable bonds is 4. The normalized spacial score (nSPS) is 12.4. The van der Waals surface area contributed by atoms with Crippen molar-refractivity contribution >= 4 is 5.97 Å². The Labute approximate surface area is 81.4 Å². The number of hydrogen-bond acceptors (Lipinski definition) is 3. The quantitative estimate of drug-likeness (QED) is 0.664. The number of benzene rings is 1. The van der Waals surface area contributed by atoms with Gasteiger partial charge in [0.1, 0.15) is 5.75 Å². The van der Waals surface area contributed by atoms with Crippen LogP contribution in [0.3, 0.4) is 0 Å². The molecule has 4 nitrogen and oxygen atoms in total. The summed E-state index contributed by atoms with van der Waals surface area (Å²) in [6, 6.07) is 6.67. The van der Waals surface area contributed by atoms with Gasteiger partial charge in [0.25, 0.3) is 0 Å². The number of carboxylic acid groups (broad SMARTS) is 1. The van der Waals surface area contributed by atoms with Crippen LogP contribution in [0.5, 0.6) is 5.75 Å². The Hall–Kier alpha value is -1.55. The number of phenolic OH excluding ortho intramolecular Hbond substituents is 1. The van der Waals surface area contributed by atoms with E-state index < -0.39 is 12.1 Å². The van der Waals surface area contributed by atoms with Gasteiger partial charge in [-0.25, -0.2) is 4.79 Å². The third kappa shape index (κ3) is 2.74. The maximum atomic E-state index is 10.3. The number of aliphatic hydroxyl groups excluding tert-OH is 1. The van der Waals surface area contributed by atoms with Crippen LogP contribution >= 0.6 is 0 Å². The van der Waals surface area contributed by atoms with Gasteiger partial charge in [0.15, 0.2) is 6.10 Å². The lowest BCUT2D eigenvalue weighted by molar-refractivity contribution is -0.146. The Balaban J connectivity index is 2.54. The summed E-state index contributed by atoms with van der Waals surface area (Å²) >= 11 is 0. The van der Waals surface area contributed by atoms with Gasteiger partial charge in [-0.1, -0.05) is 18.2 Å². The van der Waals surface area contributed by atoms with E-state index in [1.807, 2.05) is 0 Å². The van der Waals surface area contributed by atoms with Gasteiger partial charge in [-0.15, -0.1) is 0 Å². The first-order chi connectivity index (χ1) is 6.61. The number of carbonyl (C=O) groups is 1. The number of hydrogen-bond donors (Lipinski definition) is 3. The molecule has 0 spiro atoms. The molecule has 1 aromatic carbocycles. The molecule has 0 aliphatic heterocycles. The van der Waals surface area contributed by atoms with Crippen molar-refractivity contribution in [2.45, 2.75) is 18.9 Å². The lowest BCUT2D eigenvalue weighted by Gasteiger charge is -2.06. The molecule has 4 heteroatoms. The Morgan fingerprint density at radius 3 is 2.57 bits per heavy atom. The predicted molar refractivity (Wildman–Crippen MR) is 50.1 cm³/mol. The summed E-state index contributed by atoms with van der Waals surface area (Å²) in [6.07, 6.45) is -0.915. The first kappa shape index (κ1) is 10.5. The van der Waals surface area contributed by atoms with Gasteiger partial charge in [0.2, 0.25) is 0 Å². The molecule has 0 radical (unpaired) electrons. The molecule has 0 fully saturated rings. The second-order valence-corrected chi connectivity index (χ2v) is 3.02. The highest BCUT2D eigenvalue weighted by atomic mass is 16.4. The highest BCUT2D eigenvalue weighted by Crippen LogP contribution is 2.17. The van der Waals surface area contributed by atoms with Crippen molar-refractivity contribution in [3.63, 3.8) is 0 Å². The first-order valence-corrected chi connectivity index (χ1v) is 4.29. The number of para-hydroxylation sites is 1. The molecule has 0 aliphatic carbocycles. The summed E-state index contributed by atoms with van der Waals surface area (Å²) in [5.74, 6) is -1.11. The summed E-state index contributed by atoms with van der Waals surface area (Å²) in [6.45, 7) is 0. The van der Waals surface area contributed by atoms with Gasteiger partial charge in [-0.05, 0) is 24.5 Å². The van der Waals surface area contributed by atoms with Gasteiger partial charge in [0, 0.05) is 0 Å². The van der Waals surface area contributed by atoms with Crippen molar-refractivity contribution in [2.75, 3.05) is 0 Å². The minimum atomic E-state index is -1.37. The number of aromatic hydroxyl groups is 1. The van der Waals surface area contributed by atoms with E-state index >= 15 is 0 Å². The van der Waals surface area contributed by atoms with Crippen LogP contribution < -0.4 is 0 Å². The fourth-order valence-electron chi connectivity index (χ4n) is 1.14. The molecular weight excluding hydrogens is 184 g/mol. The molecule has 0 saturated carbocycles. The molecular formula is C10H12O4. The van der Waals surface area contributed by atoms with Crippen molar-refractivity contribution in [2.24, 2.45) is 0 Å². The SMILES string of the molecule is O=C(O)C(O)CCc1ccccc1O. The third-order valence-electron chi connectivity index (χ3n) is 1.96. The Morgan fingerprint density at radius 2 is 2.00 bits per heavy atom. The molecule has 0 amide bonds. The van der Waals surface area contributed by atoms with Crippen LogP contribution in [-0.4, -0.2) is 27.4 Å². The van der Waals surface area contributed by atoms with Gasteiger partial charge < -0.3 is 15.3 Å². The van der Waals surface area contributed by atoms with Crippen LogP contribution in [0.1, 0.15) is 12.0 Å². The lowest BCUT2D eigenvalue weighted by atomic mass is 10.1. The number of aliphatic carboxylic acids is 1. The number of aryl methyl sites for hydroxylation is 1. The maximum absolute atomic E-state index is 10.3. The van der Waals surface area contributed by atoms with Gasteiger partial charge in [-0.2, -0.15) is 0 Å². The van der Waals surface area contributed by atoms with Gasteiger partial charge in [0.05, 0.1) is 0 Å². The highest BCUT2D eigenvalue weighted by molar-refractivity contribution is 5.71. The van der Waals surface area contributed by atoms with Gasteiger partial charge >= 0.3 is 5.97 Å². The summed E-state index contributed by atoms with van der Waals surface area (Å²) in [7, 11) is 0. The first-order valence-electron chi connectivity index (χ1n) is 4.29. The van der Waals surface area contributed by atoms with Crippen molar-refractivity contribution in [3.05, 3.63) is 29.8 Å². The zero-order valence-electron chi connectivity index (χ0n) is 7.55. The van der Waals surface area contributed by atoms with Crippen LogP contribution in [0.2, 0.25) is 0 Å². The molecule has 3 N–H and O–H groups in total. The molecule has 14 heavy (non-hydrogen) atoms. The summed E-state index contributed by atoms with van der Waals surface area (Å²) in [5, 5.41) is 26.7. The molecule has 1 atom stereocenters. The van der Waals surface area contributed by atoms with Crippen LogP contribution in [0.25, 0.3) is 0 Å². The Morgan fingerprint density at radius 1 is 1.36 bits per heavy atom. The second kappa shape index (κ2) is 4.62. The largest absolute Gasteiger partial charge is 0.508 e. The Bertz CT molecular complexity index is 322. The third-order valence-corrected chi connectivity index (χ3v) is 1.96. The monoisotopic (exact) mass is 196 g/mol. The molecule has 0 heterocycles. The lowest BCUT2D eigenvalue weighted by Crippen LogP contribution is -2.19. The van der Waals surface area contributed by atoms with Crippen molar-refractivity contribution in [1.82, 2.24) is 0 Å². The fraction of sp³-hybridized carbons (Fsp3) is 0.300. The molecule has 0 aliphatic rings. The van der Waals surface area contributed by atoms with E-state index in [0.29, 0.717) is 12.0 Å². The molecule has 0 saturated heterocycles. The molecule has 1 unspecified atom stereocenters. The molecule has 0 aromatic heterocycles. The summed E-state index contributed by atoms with van der Waals surface area (Å²) in [4.78, 5) is 10.3.